The molecule has 0 fully saturated rings. The van der Waals surface area contributed by atoms with Crippen LogP contribution in [-0.2, 0) is 17.7 Å². The summed E-state index contributed by atoms with van der Waals surface area (Å²) in [7, 11) is -2.44. The largest absolute Gasteiger partial charge is 0.456 e. The molecule has 3 aromatic rings. The quantitative estimate of drug-likeness (QED) is 0.447. The van der Waals surface area contributed by atoms with Gasteiger partial charge < -0.3 is 20.2 Å². The van der Waals surface area contributed by atoms with Gasteiger partial charge in [-0.05, 0) is 17.9 Å². The predicted molar refractivity (Wildman–Crippen MR) is 107 cm³/mol. The van der Waals surface area contributed by atoms with Crippen molar-refractivity contribution >= 4 is 39.7 Å². The van der Waals surface area contributed by atoms with Gasteiger partial charge in [0.25, 0.3) is 0 Å². The molecule has 0 saturated carbocycles. The van der Waals surface area contributed by atoms with Crippen LogP contribution in [0.4, 0.5) is 5.69 Å². The maximum Gasteiger partial charge on any atom is 0.177 e. The summed E-state index contributed by atoms with van der Waals surface area (Å²) in [6.45, 7) is 0.626. The molecule has 5 nitrogen and oxygen atoms in total. The van der Waals surface area contributed by atoms with E-state index in [4.69, 9.17) is 37.0 Å². The highest BCUT2D eigenvalue weighted by Gasteiger charge is 2.20. The Labute approximate surface area is 165 Å². The van der Waals surface area contributed by atoms with Gasteiger partial charge in [-0.3, -0.25) is 0 Å². The molecule has 0 unspecified atom stereocenters. The first kappa shape index (κ1) is 15.1. The maximum absolute atomic E-state index is 7.07. The average molecular weight is 393 g/mol. The molecule has 0 aliphatic heterocycles. The molecule has 26 heavy (non-hydrogen) atoms. The first-order valence-corrected chi connectivity index (χ1v) is 9.27. The van der Waals surface area contributed by atoms with Gasteiger partial charge in [0.15, 0.2) is 5.58 Å². The van der Waals surface area contributed by atoms with E-state index in [0.717, 1.165) is 4.88 Å². The van der Waals surface area contributed by atoms with Crippen molar-refractivity contribution in [1.29, 1.82) is 0 Å². The molecule has 3 rings (SSSR count). The second-order valence-electron chi connectivity index (χ2n) is 5.75. The van der Waals surface area contributed by atoms with Crippen LogP contribution in [0.1, 0.15) is 26.7 Å². The highest BCUT2D eigenvalue weighted by Crippen LogP contribution is 2.33. The second kappa shape index (κ2) is 8.56. The molecule has 3 aromatic heterocycles. The number of terminal acetylenes is 1. The first-order chi connectivity index (χ1) is 13.8. The van der Waals surface area contributed by atoms with Crippen molar-refractivity contribution in [2.45, 2.75) is 25.4 Å². The number of methoxy groups -OCH3 is 1. The van der Waals surface area contributed by atoms with Crippen LogP contribution in [0.5, 0.6) is 0 Å². The van der Waals surface area contributed by atoms with Crippen LogP contribution in [0.3, 0.4) is 0 Å². The third-order valence-electron chi connectivity index (χ3n) is 3.90. The van der Waals surface area contributed by atoms with Crippen molar-refractivity contribution in [1.82, 2.24) is 4.98 Å². The molecular weight excluding hydrogens is 370 g/mol. The van der Waals surface area contributed by atoms with E-state index in [1.165, 1.54) is 0 Å². The van der Waals surface area contributed by atoms with Crippen molar-refractivity contribution in [2.24, 2.45) is 5.73 Å². The van der Waals surface area contributed by atoms with E-state index in [2.05, 4.69) is 16.2 Å². The summed E-state index contributed by atoms with van der Waals surface area (Å²) in [6.07, 6.45) is 6.36. The number of ether oxygens (including phenoxy) is 1. The zero-order valence-electron chi connectivity index (χ0n) is 16.9. The highest BCUT2D eigenvalue weighted by molar-refractivity contribution is 7.09. The summed E-state index contributed by atoms with van der Waals surface area (Å²) in [5, 5.41) is 5.61. The van der Waals surface area contributed by atoms with E-state index < -0.39 is 7.04 Å². The summed E-state index contributed by atoms with van der Waals surface area (Å²) >= 11 is 7.83. The molecule has 0 radical (unpaired) electrons. The Morgan fingerprint density at radius 3 is 3.23 bits per heavy atom. The second-order valence-corrected chi connectivity index (χ2v) is 7.17. The predicted octanol–water partition coefficient (Wildman–Crippen LogP) is 4.04. The van der Waals surface area contributed by atoms with Gasteiger partial charge in [-0.15, -0.1) is 17.8 Å². The van der Waals surface area contributed by atoms with Gasteiger partial charge in [0.05, 0.1) is 15.4 Å². The van der Waals surface area contributed by atoms with E-state index in [-0.39, 0.29) is 12.6 Å². The number of furan rings is 1. The topological polar surface area (TPSA) is 73.3 Å². The van der Waals surface area contributed by atoms with Gasteiger partial charge >= 0.3 is 0 Å². The summed E-state index contributed by atoms with van der Waals surface area (Å²) in [5.74, 6) is 3.12. The number of pyridine rings is 1. The van der Waals surface area contributed by atoms with Crippen molar-refractivity contribution in [3.8, 4) is 12.3 Å². The monoisotopic (exact) mass is 392 g/mol. The standard InChI is InChI=1S/C19H20ClN3O2S/c1-3-14-16(9-12(21)6-7-24-2)25-19-15(10-17(20)23-18(14)19)22-11-13-5-4-8-26-13/h1,4-5,8,10,12H,6-7,9,11,21H2,2H3,(H,22,23)/t12-/m0/s1/i2D3. The van der Waals surface area contributed by atoms with Gasteiger partial charge in [0, 0.05) is 43.6 Å². The summed E-state index contributed by atoms with van der Waals surface area (Å²) in [5.41, 5.74) is 8.31. The van der Waals surface area contributed by atoms with Crippen molar-refractivity contribution in [3.63, 3.8) is 0 Å². The summed E-state index contributed by atoms with van der Waals surface area (Å²) in [4.78, 5) is 5.49. The summed E-state index contributed by atoms with van der Waals surface area (Å²) < 4.78 is 32.0. The van der Waals surface area contributed by atoms with Crippen LogP contribution >= 0.6 is 22.9 Å². The fourth-order valence-electron chi connectivity index (χ4n) is 2.65. The van der Waals surface area contributed by atoms with Gasteiger partial charge in [0.2, 0.25) is 0 Å². The number of halogens is 1. The molecular formula is C19H20ClN3O2S. The fraction of sp³-hybridized carbons (Fsp3) is 0.316. The third-order valence-corrected chi connectivity index (χ3v) is 4.97. The molecule has 0 aliphatic rings. The Kier molecular flexibility index (Phi) is 4.96. The number of nitrogens with two attached hydrogens (primary N) is 1. The lowest BCUT2D eigenvalue weighted by Crippen LogP contribution is -2.24. The fourth-order valence-corrected chi connectivity index (χ4v) is 3.49. The first-order valence-electron chi connectivity index (χ1n) is 9.51. The third kappa shape index (κ3) is 4.19. The number of thiophene rings is 1. The lowest BCUT2D eigenvalue weighted by atomic mass is 10.1. The average Bonchev–Trinajstić information content (AvgIpc) is 3.25. The minimum absolute atomic E-state index is 0.0149. The lowest BCUT2D eigenvalue weighted by molar-refractivity contribution is 0.187. The van der Waals surface area contributed by atoms with Gasteiger partial charge in [-0.1, -0.05) is 23.6 Å². The minimum Gasteiger partial charge on any atom is -0.456 e. The van der Waals surface area contributed by atoms with Crippen LogP contribution in [-0.4, -0.2) is 24.7 Å². The van der Waals surface area contributed by atoms with Crippen LogP contribution in [0.25, 0.3) is 11.1 Å². The van der Waals surface area contributed by atoms with E-state index >= 15 is 0 Å². The van der Waals surface area contributed by atoms with E-state index in [1.54, 1.807) is 17.4 Å². The Morgan fingerprint density at radius 1 is 1.62 bits per heavy atom. The molecule has 7 heteroatoms. The Morgan fingerprint density at radius 2 is 2.50 bits per heavy atom. The molecule has 0 bridgehead atoms. The number of anilines is 1. The number of rotatable bonds is 8. The number of hydrogen-bond acceptors (Lipinski definition) is 6. The summed E-state index contributed by atoms with van der Waals surface area (Å²) in [6, 6.07) is 5.31. The van der Waals surface area contributed by atoms with E-state index in [1.807, 2.05) is 17.5 Å². The Hall–Kier alpha value is -2.04. The number of nitrogens with one attached hydrogen (secondary N) is 1. The molecule has 3 N–H and O–H groups in total. The normalized spacial score (nSPS) is 14.4. The number of hydrogen-bond donors (Lipinski definition) is 2. The lowest BCUT2D eigenvalue weighted by Gasteiger charge is -2.09. The number of aromatic nitrogens is 1. The highest BCUT2D eigenvalue weighted by atomic mass is 35.5. The smallest absolute Gasteiger partial charge is 0.177 e. The van der Waals surface area contributed by atoms with Crippen LogP contribution in [0.15, 0.2) is 28.0 Å². The molecule has 136 valence electrons. The Balaban J connectivity index is 1.81. The molecule has 0 spiro atoms. The Bertz CT molecular complexity index is 1010. The van der Waals surface area contributed by atoms with Gasteiger partial charge in [-0.2, -0.15) is 0 Å². The molecule has 0 aromatic carbocycles. The van der Waals surface area contributed by atoms with Crippen molar-refractivity contribution in [3.05, 3.63) is 44.9 Å². The van der Waals surface area contributed by atoms with Crippen molar-refractivity contribution in [2.75, 3.05) is 19.0 Å². The zero-order valence-corrected chi connectivity index (χ0v) is 15.5. The van der Waals surface area contributed by atoms with Crippen LogP contribution < -0.4 is 11.1 Å². The molecule has 0 saturated heterocycles. The SMILES string of the molecule is [2H]C([2H])([2H])OCC[C@H](N)Cc1oc2c(NCc3cccs3)cc(Cl)nc2c1C#C. The van der Waals surface area contributed by atoms with Crippen molar-refractivity contribution < 1.29 is 13.3 Å². The van der Waals surface area contributed by atoms with Gasteiger partial charge in [-0.25, -0.2) is 4.98 Å². The number of nitrogens with zero attached hydrogens (tertiary/aromatic N) is 1. The molecule has 0 amide bonds. The number of fused-ring (bicyclic) bond motifs is 1. The van der Waals surface area contributed by atoms with E-state index in [9.17, 15) is 0 Å². The zero-order chi connectivity index (χ0) is 21.0. The van der Waals surface area contributed by atoms with Crippen LogP contribution in [0.2, 0.25) is 5.15 Å². The maximum atomic E-state index is 7.07. The molecule has 3 heterocycles. The van der Waals surface area contributed by atoms with Gasteiger partial charge in [0.1, 0.15) is 16.4 Å². The minimum atomic E-state index is -2.44. The molecule has 1 atom stereocenters. The molecule has 0 aliphatic carbocycles. The van der Waals surface area contributed by atoms with E-state index in [0.29, 0.717) is 52.7 Å². The van der Waals surface area contributed by atoms with Crippen LogP contribution in [0, 0.1) is 12.3 Å².